The first-order valence-electron chi connectivity index (χ1n) is 7.74. The maximum Gasteiger partial charge on any atom is 0.0399 e. The van der Waals surface area contributed by atoms with Gasteiger partial charge in [-0.1, -0.05) is 0 Å². The molecule has 0 bridgehead atoms. The van der Waals surface area contributed by atoms with Crippen LogP contribution < -0.4 is 4.90 Å². The third-order valence-corrected chi connectivity index (χ3v) is 4.60. The quantitative estimate of drug-likeness (QED) is 0.814. The third-order valence-electron chi connectivity index (χ3n) is 4.60. The molecule has 1 aromatic heterocycles. The normalized spacial score (nSPS) is 25.5. The number of hydrogen-bond acceptors (Lipinski definition) is 3. The van der Waals surface area contributed by atoms with Crippen LogP contribution in [-0.4, -0.2) is 42.1 Å². The highest BCUT2D eigenvalue weighted by molar-refractivity contribution is 5.46. The Kier molecular flexibility index (Phi) is 4.02. The molecule has 19 heavy (non-hydrogen) atoms. The van der Waals surface area contributed by atoms with Gasteiger partial charge in [0.25, 0.3) is 0 Å². The van der Waals surface area contributed by atoms with E-state index >= 15 is 0 Å². The maximum atomic E-state index is 4.30. The molecule has 0 aromatic carbocycles. The summed E-state index contributed by atoms with van der Waals surface area (Å²) >= 11 is 0. The summed E-state index contributed by atoms with van der Waals surface area (Å²) in [6.45, 7) is 7.14. The minimum atomic E-state index is 0.829. The lowest BCUT2D eigenvalue weighted by Gasteiger charge is -2.27. The van der Waals surface area contributed by atoms with Gasteiger partial charge in [0.05, 0.1) is 0 Å². The summed E-state index contributed by atoms with van der Waals surface area (Å²) in [6, 6.07) is 5.20. The molecular weight excluding hydrogens is 234 g/mol. The van der Waals surface area contributed by atoms with Gasteiger partial charge in [-0.2, -0.15) is 0 Å². The topological polar surface area (TPSA) is 19.4 Å². The van der Waals surface area contributed by atoms with Crippen molar-refractivity contribution in [2.45, 2.75) is 45.1 Å². The second-order valence-corrected chi connectivity index (χ2v) is 5.97. The van der Waals surface area contributed by atoms with Gasteiger partial charge in [-0.15, -0.1) is 0 Å². The third kappa shape index (κ3) is 3.08. The largest absolute Gasteiger partial charge is 0.371 e. The number of nitrogens with zero attached hydrogens (tertiary/aromatic N) is 3. The highest BCUT2D eigenvalue weighted by Crippen LogP contribution is 2.24. The maximum absolute atomic E-state index is 4.30. The summed E-state index contributed by atoms with van der Waals surface area (Å²) in [6.07, 6.45) is 8.77. The van der Waals surface area contributed by atoms with Gasteiger partial charge < -0.3 is 9.80 Å². The Labute approximate surface area is 116 Å². The molecule has 1 atom stereocenters. The SMILES string of the molecule is Cc1cc(N2CCCC(N3CCCC3)CC2)ccn1. The van der Waals surface area contributed by atoms with Crippen LogP contribution in [-0.2, 0) is 0 Å². The second-order valence-electron chi connectivity index (χ2n) is 5.97. The Hall–Kier alpha value is -1.09. The lowest BCUT2D eigenvalue weighted by Crippen LogP contribution is -2.33. The molecule has 0 N–H and O–H groups in total. The molecular formula is C16H25N3. The van der Waals surface area contributed by atoms with E-state index < -0.39 is 0 Å². The summed E-state index contributed by atoms with van der Waals surface area (Å²) in [7, 11) is 0. The Morgan fingerprint density at radius 3 is 2.68 bits per heavy atom. The molecule has 2 aliphatic heterocycles. The number of pyridine rings is 1. The molecule has 1 aromatic rings. The molecule has 3 heterocycles. The lowest BCUT2D eigenvalue weighted by molar-refractivity contribution is 0.225. The Bertz CT molecular complexity index is 412. The zero-order valence-corrected chi connectivity index (χ0v) is 12.0. The van der Waals surface area contributed by atoms with Crippen molar-refractivity contribution < 1.29 is 0 Å². The van der Waals surface area contributed by atoms with Crippen molar-refractivity contribution >= 4 is 5.69 Å². The molecule has 0 radical (unpaired) electrons. The molecule has 104 valence electrons. The van der Waals surface area contributed by atoms with Crippen LogP contribution in [0.4, 0.5) is 5.69 Å². The van der Waals surface area contributed by atoms with Crippen molar-refractivity contribution in [2.24, 2.45) is 0 Å². The van der Waals surface area contributed by atoms with Crippen LogP contribution in [0.5, 0.6) is 0 Å². The molecule has 3 nitrogen and oxygen atoms in total. The Balaban J connectivity index is 1.63. The zero-order chi connectivity index (χ0) is 13.1. The van der Waals surface area contributed by atoms with Gasteiger partial charge in [0.15, 0.2) is 0 Å². The fourth-order valence-electron chi connectivity index (χ4n) is 3.54. The van der Waals surface area contributed by atoms with Crippen molar-refractivity contribution in [2.75, 3.05) is 31.1 Å². The number of likely N-dealkylation sites (tertiary alicyclic amines) is 1. The van der Waals surface area contributed by atoms with E-state index in [1.54, 1.807) is 0 Å². The first-order chi connectivity index (χ1) is 9.33. The van der Waals surface area contributed by atoms with Crippen LogP contribution in [0.1, 0.15) is 37.8 Å². The first kappa shape index (κ1) is 12.9. The minimum absolute atomic E-state index is 0.829. The Morgan fingerprint density at radius 2 is 1.89 bits per heavy atom. The summed E-state index contributed by atoms with van der Waals surface area (Å²) in [5.74, 6) is 0. The molecule has 3 heteroatoms. The fraction of sp³-hybridized carbons (Fsp3) is 0.688. The average Bonchev–Trinajstić information content (AvgIpc) is 2.83. The van der Waals surface area contributed by atoms with E-state index in [-0.39, 0.29) is 0 Å². The van der Waals surface area contributed by atoms with Gasteiger partial charge in [-0.25, -0.2) is 0 Å². The van der Waals surface area contributed by atoms with Crippen LogP contribution in [0.15, 0.2) is 18.3 Å². The molecule has 0 amide bonds. The first-order valence-corrected chi connectivity index (χ1v) is 7.74. The number of hydrogen-bond donors (Lipinski definition) is 0. The van der Waals surface area contributed by atoms with Gasteiger partial charge in [0, 0.05) is 36.7 Å². The fourth-order valence-corrected chi connectivity index (χ4v) is 3.54. The second kappa shape index (κ2) is 5.91. The molecule has 0 saturated carbocycles. The van der Waals surface area contributed by atoms with E-state index in [1.807, 2.05) is 6.20 Å². The van der Waals surface area contributed by atoms with Crippen molar-refractivity contribution in [1.29, 1.82) is 0 Å². The van der Waals surface area contributed by atoms with Gasteiger partial charge in [0.2, 0.25) is 0 Å². The highest BCUT2D eigenvalue weighted by Gasteiger charge is 2.24. The molecule has 3 rings (SSSR count). The minimum Gasteiger partial charge on any atom is -0.371 e. The van der Waals surface area contributed by atoms with Crippen molar-refractivity contribution in [3.8, 4) is 0 Å². The van der Waals surface area contributed by atoms with Crippen LogP contribution in [0.25, 0.3) is 0 Å². The Morgan fingerprint density at radius 1 is 1.05 bits per heavy atom. The van der Waals surface area contributed by atoms with Crippen LogP contribution in [0, 0.1) is 6.92 Å². The monoisotopic (exact) mass is 259 g/mol. The summed E-state index contributed by atoms with van der Waals surface area (Å²) in [5, 5.41) is 0. The van der Waals surface area contributed by atoms with E-state index in [1.165, 1.54) is 64.0 Å². The highest BCUT2D eigenvalue weighted by atomic mass is 15.2. The van der Waals surface area contributed by atoms with Gasteiger partial charge in [-0.05, 0) is 64.3 Å². The predicted molar refractivity (Wildman–Crippen MR) is 79.6 cm³/mol. The van der Waals surface area contributed by atoms with E-state index in [0.29, 0.717) is 0 Å². The van der Waals surface area contributed by atoms with E-state index in [2.05, 4.69) is 33.8 Å². The molecule has 2 fully saturated rings. The predicted octanol–water partition coefficient (Wildman–Crippen LogP) is 2.84. The van der Waals surface area contributed by atoms with Crippen LogP contribution in [0.3, 0.4) is 0 Å². The van der Waals surface area contributed by atoms with E-state index in [0.717, 1.165) is 11.7 Å². The van der Waals surface area contributed by atoms with Gasteiger partial charge >= 0.3 is 0 Å². The zero-order valence-electron chi connectivity index (χ0n) is 12.0. The summed E-state index contributed by atoms with van der Waals surface area (Å²) in [4.78, 5) is 9.57. The summed E-state index contributed by atoms with van der Waals surface area (Å²) < 4.78 is 0. The molecule has 1 unspecified atom stereocenters. The van der Waals surface area contributed by atoms with Crippen LogP contribution in [0.2, 0.25) is 0 Å². The van der Waals surface area contributed by atoms with E-state index in [4.69, 9.17) is 0 Å². The van der Waals surface area contributed by atoms with Crippen LogP contribution >= 0.6 is 0 Å². The van der Waals surface area contributed by atoms with E-state index in [9.17, 15) is 0 Å². The standard InChI is InChI=1S/C16H25N3/c1-14-13-16(6-8-17-14)19-11-4-5-15(7-12-19)18-9-2-3-10-18/h6,8,13,15H,2-5,7,9-12H2,1H3. The number of anilines is 1. The smallest absolute Gasteiger partial charge is 0.0399 e. The molecule has 2 aliphatic rings. The molecule has 0 spiro atoms. The van der Waals surface area contributed by atoms with Gasteiger partial charge in [-0.3, -0.25) is 4.98 Å². The van der Waals surface area contributed by atoms with Crippen molar-refractivity contribution in [3.05, 3.63) is 24.0 Å². The molecule has 0 aliphatic carbocycles. The molecule has 2 saturated heterocycles. The lowest BCUT2D eigenvalue weighted by atomic mass is 10.1. The number of aryl methyl sites for hydroxylation is 1. The van der Waals surface area contributed by atoms with Gasteiger partial charge in [0.1, 0.15) is 0 Å². The van der Waals surface area contributed by atoms with Crippen molar-refractivity contribution in [1.82, 2.24) is 9.88 Å². The number of aromatic nitrogens is 1. The average molecular weight is 259 g/mol. The van der Waals surface area contributed by atoms with Crippen molar-refractivity contribution in [3.63, 3.8) is 0 Å². The number of rotatable bonds is 2. The summed E-state index contributed by atoms with van der Waals surface area (Å²) in [5.41, 5.74) is 2.48.